The summed E-state index contributed by atoms with van der Waals surface area (Å²) in [6.07, 6.45) is 0. The number of benzene rings is 2. The van der Waals surface area contributed by atoms with E-state index in [-0.39, 0.29) is 30.3 Å². The molecule has 0 bridgehead atoms. The summed E-state index contributed by atoms with van der Waals surface area (Å²) in [6.45, 7) is 4.70. The predicted octanol–water partition coefficient (Wildman–Crippen LogP) is 3.72. The Morgan fingerprint density at radius 3 is 2.50 bits per heavy atom. The molecule has 0 aliphatic heterocycles. The Balaban J connectivity index is 0.00000338. The van der Waals surface area contributed by atoms with Crippen molar-refractivity contribution < 1.29 is 14.3 Å². The Kier molecular flexibility index (Phi) is 9.13. The average Bonchev–Trinajstić information content (AvgIpc) is 2.63. The summed E-state index contributed by atoms with van der Waals surface area (Å²) in [5.41, 5.74) is 8.87. The molecule has 2 rings (SSSR count). The summed E-state index contributed by atoms with van der Waals surface area (Å²) in [7, 11) is 1.62. The van der Waals surface area contributed by atoms with Crippen LogP contribution in [0.2, 0.25) is 0 Å². The first-order chi connectivity index (χ1) is 12.0. The van der Waals surface area contributed by atoms with E-state index in [1.54, 1.807) is 7.11 Å². The van der Waals surface area contributed by atoms with Gasteiger partial charge in [-0.25, -0.2) is 0 Å². The van der Waals surface area contributed by atoms with Crippen molar-refractivity contribution in [2.75, 3.05) is 25.6 Å². The highest BCUT2D eigenvalue weighted by Gasteiger charge is 2.23. The summed E-state index contributed by atoms with van der Waals surface area (Å²) in [5.74, 6) is 0.109. The van der Waals surface area contributed by atoms with E-state index < -0.39 is 0 Å². The fourth-order valence-corrected chi connectivity index (χ4v) is 2.46. The summed E-state index contributed by atoms with van der Waals surface area (Å²) in [5, 5.41) is 2.93. The fourth-order valence-electron chi connectivity index (χ4n) is 2.46. The maximum absolute atomic E-state index is 12.6. The van der Waals surface area contributed by atoms with Crippen molar-refractivity contribution in [2.24, 2.45) is 11.7 Å². The van der Waals surface area contributed by atoms with Crippen LogP contribution in [-0.2, 0) is 9.53 Å². The molecule has 0 aromatic heterocycles. The molecule has 2 atom stereocenters. The minimum absolute atomic E-state index is 0. The molecule has 0 aliphatic rings. The van der Waals surface area contributed by atoms with Crippen LogP contribution in [0.5, 0.6) is 5.75 Å². The van der Waals surface area contributed by atoms with E-state index >= 15 is 0 Å². The van der Waals surface area contributed by atoms with Crippen molar-refractivity contribution >= 4 is 24.0 Å². The van der Waals surface area contributed by atoms with Crippen LogP contribution in [0.15, 0.2) is 48.5 Å². The second-order valence-corrected chi connectivity index (χ2v) is 6.06. The number of halogens is 1. The zero-order valence-electron chi connectivity index (χ0n) is 15.4. The Hall–Kier alpha value is -2.08. The van der Waals surface area contributed by atoms with Gasteiger partial charge in [0.25, 0.3) is 0 Å². The van der Waals surface area contributed by atoms with Gasteiger partial charge in [0, 0.05) is 13.2 Å². The second-order valence-electron chi connectivity index (χ2n) is 6.06. The van der Waals surface area contributed by atoms with Gasteiger partial charge < -0.3 is 20.5 Å². The maximum atomic E-state index is 12.6. The van der Waals surface area contributed by atoms with Crippen molar-refractivity contribution in [3.63, 3.8) is 0 Å². The minimum Gasteiger partial charge on any atom is -0.489 e. The number of hydrogen-bond donors (Lipinski definition) is 2. The molecular formula is C20H27ClN2O3. The number of carbonyl (C=O) groups is 1. The quantitative estimate of drug-likeness (QED) is 0.686. The minimum atomic E-state index is -0.379. The Morgan fingerprint density at radius 2 is 1.85 bits per heavy atom. The molecule has 2 aromatic rings. The number of hydrogen-bond acceptors (Lipinski definition) is 4. The van der Waals surface area contributed by atoms with Gasteiger partial charge in [0.05, 0.1) is 18.2 Å². The van der Waals surface area contributed by atoms with Gasteiger partial charge in [-0.1, -0.05) is 43.3 Å². The Labute approximate surface area is 161 Å². The lowest BCUT2D eigenvalue weighted by Gasteiger charge is -2.21. The number of methoxy groups -OCH3 is 1. The lowest BCUT2D eigenvalue weighted by Crippen LogP contribution is -2.30. The lowest BCUT2D eigenvalue weighted by atomic mass is 9.94. The number of nitrogens with two attached hydrogens (primary N) is 1. The highest BCUT2D eigenvalue weighted by Crippen LogP contribution is 2.28. The van der Waals surface area contributed by atoms with Crippen LogP contribution in [0.1, 0.15) is 24.1 Å². The normalized spacial score (nSPS) is 12.6. The fraction of sp³-hybridized carbons (Fsp3) is 0.350. The second kappa shape index (κ2) is 10.8. The SMILES string of the molecule is COCCOc1cc(C)ccc1NC(=O)C(C)C(N)c1ccccc1.Cl. The zero-order valence-corrected chi connectivity index (χ0v) is 16.2. The molecule has 26 heavy (non-hydrogen) atoms. The predicted molar refractivity (Wildman–Crippen MR) is 107 cm³/mol. The van der Waals surface area contributed by atoms with Gasteiger partial charge in [-0.3, -0.25) is 4.79 Å². The molecular weight excluding hydrogens is 352 g/mol. The number of carbonyl (C=O) groups excluding carboxylic acids is 1. The molecule has 0 saturated carbocycles. The van der Waals surface area contributed by atoms with Crippen LogP contribution in [0, 0.1) is 12.8 Å². The van der Waals surface area contributed by atoms with Crippen molar-refractivity contribution in [3.8, 4) is 5.75 Å². The summed E-state index contributed by atoms with van der Waals surface area (Å²) in [4.78, 5) is 12.6. The largest absolute Gasteiger partial charge is 0.489 e. The Morgan fingerprint density at radius 1 is 1.15 bits per heavy atom. The van der Waals surface area contributed by atoms with Gasteiger partial charge in [-0.2, -0.15) is 0 Å². The van der Waals surface area contributed by atoms with E-state index in [9.17, 15) is 4.79 Å². The van der Waals surface area contributed by atoms with Crippen LogP contribution in [0.25, 0.3) is 0 Å². The van der Waals surface area contributed by atoms with E-state index in [4.69, 9.17) is 15.2 Å². The highest BCUT2D eigenvalue weighted by molar-refractivity contribution is 5.94. The number of amides is 1. The Bertz CT molecular complexity index is 695. The van der Waals surface area contributed by atoms with E-state index in [0.29, 0.717) is 24.7 Å². The molecule has 2 unspecified atom stereocenters. The molecule has 5 nitrogen and oxygen atoms in total. The lowest BCUT2D eigenvalue weighted by molar-refractivity contribution is -0.120. The average molecular weight is 379 g/mol. The molecule has 0 aliphatic carbocycles. The summed E-state index contributed by atoms with van der Waals surface area (Å²) >= 11 is 0. The third-order valence-corrected chi connectivity index (χ3v) is 4.08. The molecule has 0 fully saturated rings. The van der Waals surface area contributed by atoms with Crippen LogP contribution < -0.4 is 15.8 Å². The zero-order chi connectivity index (χ0) is 18.2. The van der Waals surface area contributed by atoms with Crippen LogP contribution in [0.3, 0.4) is 0 Å². The molecule has 2 aromatic carbocycles. The summed E-state index contributed by atoms with van der Waals surface area (Å²) in [6, 6.07) is 14.9. The van der Waals surface area contributed by atoms with Gasteiger partial charge in [-0.05, 0) is 30.2 Å². The first kappa shape index (κ1) is 22.0. The van der Waals surface area contributed by atoms with Gasteiger partial charge >= 0.3 is 0 Å². The van der Waals surface area contributed by atoms with Crippen molar-refractivity contribution in [1.29, 1.82) is 0 Å². The number of ether oxygens (including phenoxy) is 2. The van der Waals surface area contributed by atoms with Crippen molar-refractivity contribution in [3.05, 3.63) is 59.7 Å². The van der Waals surface area contributed by atoms with Crippen molar-refractivity contribution in [2.45, 2.75) is 19.9 Å². The van der Waals surface area contributed by atoms with E-state index in [2.05, 4.69) is 5.32 Å². The number of anilines is 1. The molecule has 3 N–H and O–H groups in total. The van der Waals surface area contributed by atoms with Gasteiger partial charge in [0.2, 0.25) is 5.91 Å². The van der Waals surface area contributed by atoms with Crippen molar-refractivity contribution in [1.82, 2.24) is 0 Å². The molecule has 0 heterocycles. The van der Waals surface area contributed by atoms with E-state index in [1.165, 1.54) is 0 Å². The van der Waals surface area contributed by atoms with Crippen LogP contribution >= 0.6 is 12.4 Å². The van der Waals surface area contributed by atoms with Gasteiger partial charge in [0.15, 0.2) is 0 Å². The molecule has 0 saturated heterocycles. The molecule has 0 radical (unpaired) electrons. The standard InChI is InChI=1S/C20H26N2O3.ClH/c1-14-9-10-17(18(13-14)25-12-11-24-3)22-20(23)15(2)19(21)16-7-5-4-6-8-16;/h4-10,13,15,19H,11-12,21H2,1-3H3,(H,22,23);1H. The van der Waals surface area contributed by atoms with Crippen LogP contribution in [0.4, 0.5) is 5.69 Å². The van der Waals surface area contributed by atoms with E-state index in [0.717, 1.165) is 11.1 Å². The molecule has 6 heteroatoms. The molecule has 142 valence electrons. The van der Waals surface area contributed by atoms with Gasteiger partial charge in [-0.15, -0.1) is 12.4 Å². The number of nitrogens with one attached hydrogen (secondary N) is 1. The monoisotopic (exact) mass is 378 g/mol. The topological polar surface area (TPSA) is 73.6 Å². The first-order valence-corrected chi connectivity index (χ1v) is 8.36. The third-order valence-electron chi connectivity index (χ3n) is 4.08. The highest BCUT2D eigenvalue weighted by atomic mass is 35.5. The van der Waals surface area contributed by atoms with Gasteiger partial charge in [0.1, 0.15) is 12.4 Å². The van der Waals surface area contributed by atoms with Crippen LogP contribution in [-0.4, -0.2) is 26.2 Å². The number of rotatable bonds is 8. The van der Waals surface area contributed by atoms with E-state index in [1.807, 2.05) is 62.4 Å². The molecule has 0 spiro atoms. The third kappa shape index (κ3) is 6.02. The number of aryl methyl sites for hydroxylation is 1. The molecule has 1 amide bonds. The smallest absolute Gasteiger partial charge is 0.229 e. The maximum Gasteiger partial charge on any atom is 0.229 e. The first-order valence-electron chi connectivity index (χ1n) is 8.36. The summed E-state index contributed by atoms with van der Waals surface area (Å²) < 4.78 is 10.7.